The van der Waals surface area contributed by atoms with E-state index in [4.69, 9.17) is 32.7 Å². The highest BCUT2D eigenvalue weighted by Gasteiger charge is 2.12. The van der Waals surface area contributed by atoms with Gasteiger partial charge >= 0.3 is 6.03 Å². The predicted molar refractivity (Wildman–Crippen MR) is 96.7 cm³/mol. The average Bonchev–Trinajstić information content (AvgIpc) is 2.57. The summed E-state index contributed by atoms with van der Waals surface area (Å²) in [5.74, 6) is 0.905. The van der Waals surface area contributed by atoms with Gasteiger partial charge in [0, 0.05) is 23.7 Å². The summed E-state index contributed by atoms with van der Waals surface area (Å²) in [6.45, 7) is 0.487. The van der Waals surface area contributed by atoms with E-state index in [1.807, 2.05) is 24.3 Å². The van der Waals surface area contributed by atoms with E-state index in [1.165, 1.54) is 14.2 Å². The third-order valence-corrected chi connectivity index (χ3v) is 3.88. The van der Waals surface area contributed by atoms with Crippen molar-refractivity contribution in [3.05, 3.63) is 52.0 Å². The molecule has 24 heavy (non-hydrogen) atoms. The molecule has 0 saturated carbocycles. The van der Waals surface area contributed by atoms with E-state index >= 15 is 0 Å². The number of nitrogens with one attached hydrogen (secondary N) is 2. The van der Waals surface area contributed by atoms with Crippen molar-refractivity contribution in [2.24, 2.45) is 0 Å². The normalized spacial score (nSPS) is 10.2. The highest BCUT2D eigenvalue weighted by Crippen LogP contribution is 2.35. The minimum atomic E-state index is -0.341. The monoisotopic (exact) mass is 368 g/mol. The fraction of sp³-hybridized carbons (Fsp3) is 0.235. The van der Waals surface area contributed by atoms with Crippen molar-refractivity contribution in [2.45, 2.75) is 6.42 Å². The summed E-state index contributed by atoms with van der Waals surface area (Å²) < 4.78 is 10.4. The highest BCUT2D eigenvalue weighted by molar-refractivity contribution is 6.32. The molecule has 7 heteroatoms. The van der Waals surface area contributed by atoms with E-state index in [0.717, 1.165) is 5.56 Å². The number of hydrogen-bond acceptors (Lipinski definition) is 3. The summed E-state index contributed by atoms with van der Waals surface area (Å²) in [5, 5.41) is 6.60. The average molecular weight is 369 g/mol. The molecule has 2 rings (SSSR count). The zero-order chi connectivity index (χ0) is 17.5. The van der Waals surface area contributed by atoms with E-state index in [1.54, 1.807) is 12.1 Å². The van der Waals surface area contributed by atoms with Gasteiger partial charge in [-0.2, -0.15) is 0 Å². The second-order valence-corrected chi connectivity index (χ2v) is 5.79. The molecule has 2 aromatic rings. The molecule has 128 valence electrons. The van der Waals surface area contributed by atoms with Crippen molar-refractivity contribution < 1.29 is 14.3 Å². The second-order valence-electron chi connectivity index (χ2n) is 4.94. The zero-order valence-corrected chi connectivity index (χ0v) is 14.9. The molecule has 0 aliphatic carbocycles. The smallest absolute Gasteiger partial charge is 0.319 e. The Balaban J connectivity index is 1.93. The second kappa shape index (κ2) is 8.66. The number of carbonyl (C=O) groups is 1. The fourth-order valence-corrected chi connectivity index (χ4v) is 2.45. The summed E-state index contributed by atoms with van der Waals surface area (Å²) in [6.07, 6.45) is 0.700. The summed E-state index contributed by atoms with van der Waals surface area (Å²) in [6, 6.07) is 10.4. The number of methoxy groups -OCH3 is 2. The third kappa shape index (κ3) is 4.94. The summed E-state index contributed by atoms with van der Waals surface area (Å²) in [7, 11) is 3.01. The van der Waals surface area contributed by atoms with Crippen molar-refractivity contribution in [3.63, 3.8) is 0 Å². The first-order chi connectivity index (χ1) is 11.5. The fourth-order valence-electron chi connectivity index (χ4n) is 2.10. The molecule has 0 aliphatic heterocycles. The zero-order valence-electron chi connectivity index (χ0n) is 13.4. The molecule has 0 atom stereocenters. The van der Waals surface area contributed by atoms with Crippen molar-refractivity contribution in [3.8, 4) is 11.5 Å². The minimum Gasteiger partial charge on any atom is -0.495 e. The standard InChI is InChI=1S/C17H18Cl2N2O3/c1-23-15-10-14(16(24-2)9-13(15)19)21-17(22)20-8-7-11-3-5-12(18)6-4-11/h3-6,9-10H,7-8H2,1-2H3,(H2,20,21,22). The molecular formula is C17H18Cl2N2O3. The van der Waals surface area contributed by atoms with Gasteiger partial charge < -0.3 is 20.1 Å². The quantitative estimate of drug-likeness (QED) is 0.795. The number of rotatable bonds is 6. The Labute approximate surface area is 150 Å². The lowest BCUT2D eigenvalue weighted by molar-refractivity contribution is 0.252. The maximum atomic E-state index is 12.0. The third-order valence-electron chi connectivity index (χ3n) is 3.33. The number of anilines is 1. The van der Waals surface area contributed by atoms with Crippen LogP contribution in [0.1, 0.15) is 5.56 Å². The van der Waals surface area contributed by atoms with Crippen molar-refractivity contribution >= 4 is 34.9 Å². The molecule has 0 saturated heterocycles. The molecule has 2 N–H and O–H groups in total. The summed E-state index contributed by atoms with van der Waals surface area (Å²) >= 11 is 11.9. The Morgan fingerprint density at radius 3 is 2.33 bits per heavy atom. The van der Waals surface area contributed by atoms with E-state index < -0.39 is 0 Å². The molecule has 5 nitrogen and oxygen atoms in total. The van der Waals surface area contributed by atoms with Gasteiger partial charge in [-0.05, 0) is 24.1 Å². The van der Waals surface area contributed by atoms with Crippen molar-refractivity contribution in [1.29, 1.82) is 0 Å². The van der Waals surface area contributed by atoms with Crippen molar-refractivity contribution in [1.82, 2.24) is 5.32 Å². The SMILES string of the molecule is COc1cc(NC(=O)NCCc2ccc(Cl)cc2)c(OC)cc1Cl. The number of amides is 2. The minimum absolute atomic E-state index is 0.341. The Morgan fingerprint density at radius 1 is 1.04 bits per heavy atom. The van der Waals surface area contributed by atoms with Gasteiger partial charge in [0.15, 0.2) is 0 Å². The maximum absolute atomic E-state index is 12.0. The molecular weight excluding hydrogens is 351 g/mol. The predicted octanol–water partition coefficient (Wildman–Crippen LogP) is 4.37. The molecule has 0 aromatic heterocycles. The number of ether oxygens (including phenoxy) is 2. The Morgan fingerprint density at radius 2 is 1.71 bits per heavy atom. The number of carbonyl (C=O) groups excluding carboxylic acids is 1. The van der Waals surface area contributed by atoms with Crippen LogP contribution in [0.15, 0.2) is 36.4 Å². The van der Waals surface area contributed by atoms with Gasteiger partial charge in [-0.25, -0.2) is 4.79 Å². The lowest BCUT2D eigenvalue weighted by Crippen LogP contribution is -2.30. The van der Waals surface area contributed by atoms with Crippen LogP contribution in [0, 0.1) is 0 Å². The van der Waals surface area contributed by atoms with Crippen LogP contribution in [0.25, 0.3) is 0 Å². The number of benzene rings is 2. The number of hydrogen-bond donors (Lipinski definition) is 2. The maximum Gasteiger partial charge on any atom is 0.319 e. The lowest BCUT2D eigenvalue weighted by atomic mass is 10.1. The topological polar surface area (TPSA) is 59.6 Å². The van der Waals surface area contributed by atoms with Crippen LogP contribution in [0.4, 0.5) is 10.5 Å². The van der Waals surface area contributed by atoms with Crippen LogP contribution in [0.2, 0.25) is 10.0 Å². The van der Waals surface area contributed by atoms with E-state index in [2.05, 4.69) is 10.6 Å². The molecule has 0 spiro atoms. The lowest BCUT2D eigenvalue weighted by Gasteiger charge is -2.13. The molecule has 2 amide bonds. The van der Waals surface area contributed by atoms with Crippen molar-refractivity contribution in [2.75, 3.05) is 26.1 Å². The van der Waals surface area contributed by atoms with Gasteiger partial charge in [0.05, 0.1) is 24.9 Å². The van der Waals surface area contributed by atoms with Gasteiger partial charge in [0.1, 0.15) is 11.5 Å². The van der Waals surface area contributed by atoms with E-state index in [9.17, 15) is 4.79 Å². The number of halogens is 2. The molecule has 0 unspecified atom stereocenters. The van der Waals surface area contributed by atoms with Crippen LogP contribution in [0.5, 0.6) is 11.5 Å². The Kier molecular flexibility index (Phi) is 6.58. The Bertz CT molecular complexity index is 706. The van der Waals surface area contributed by atoms with Crippen LogP contribution >= 0.6 is 23.2 Å². The van der Waals surface area contributed by atoms with Gasteiger partial charge in [-0.3, -0.25) is 0 Å². The molecule has 0 heterocycles. The first-order valence-corrected chi connectivity index (χ1v) is 8.00. The van der Waals surface area contributed by atoms with E-state index in [-0.39, 0.29) is 6.03 Å². The first kappa shape index (κ1) is 18.2. The Hall–Kier alpha value is -2.11. The molecule has 0 fully saturated rings. The highest BCUT2D eigenvalue weighted by atomic mass is 35.5. The summed E-state index contributed by atoms with van der Waals surface area (Å²) in [5.41, 5.74) is 1.56. The number of urea groups is 1. The first-order valence-electron chi connectivity index (χ1n) is 7.24. The van der Waals surface area contributed by atoms with Gasteiger partial charge in [0.2, 0.25) is 0 Å². The van der Waals surface area contributed by atoms with Crippen LogP contribution < -0.4 is 20.1 Å². The van der Waals surface area contributed by atoms with Gasteiger partial charge in [-0.1, -0.05) is 35.3 Å². The molecule has 0 aliphatic rings. The molecule has 0 bridgehead atoms. The van der Waals surface area contributed by atoms with Crippen LogP contribution in [-0.2, 0) is 6.42 Å². The largest absolute Gasteiger partial charge is 0.495 e. The molecule has 0 radical (unpaired) electrons. The molecule has 2 aromatic carbocycles. The van der Waals surface area contributed by atoms with Crippen LogP contribution in [-0.4, -0.2) is 26.8 Å². The van der Waals surface area contributed by atoms with E-state index in [0.29, 0.717) is 40.2 Å². The summed E-state index contributed by atoms with van der Waals surface area (Å²) in [4.78, 5) is 12.0. The van der Waals surface area contributed by atoms with Gasteiger partial charge in [-0.15, -0.1) is 0 Å². The van der Waals surface area contributed by atoms with Crippen LogP contribution in [0.3, 0.4) is 0 Å². The van der Waals surface area contributed by atoms with Gasteiger partial charge in [0.25, 0.3) is 0 Å².